The van der Waals surface area contributed by atoms with Gasteiger partial charge in [0.15, 0.2) is 0 Å². The van der Waals surface area contributed by atoms with E-state index in [1.807, 2.05) is 10.9 Å². The molecule has 0 saturated carbocycles. The van der Waals surface area contributed by atoms with Gasteiger partial charge in [-0.25, -0.2) is 0 Å². The van der Waals surface area contributed by atoms with Gasteiger partial charge in [0.25, 0.3) is 0 Å². The van der Waals surface area contributed by atoms with Crippen LogP contribution in [0.15, 0.2) is 10.7 Å². The normalized spacial score (nSPS) is 11.2. The minimum absolute atomic E-state index is 0.395. The zero-order valence-electron chi connectivity index (χ0n) is 8.96. The highest BCUT2D eigenvalue weighted by Gasteiger charge is 2.07. The average molecular weight is 261 g/mol. The summed E-state index contributed by atoms with van der Waals surface area (Å²) in [5, 5.41) is 4.43. The molecule has 80 valence electrons. The van der Waals surface area contributed by atoms with Gasteiger partial charge in [-0.1, -0.05) is 6.92 Å². The van der Waals surface area contributed by atoms with Crippen LogP contribution in [0.5, 0.6) is 0 Å². The molecule has 0 aliphatic heterocycles. The lowest BCUT2D eigenvalue weighted by atomic mass is 10.4. The van der Waals surface area contributed by atoms with E-state index in [0.29, 0.717) is 12.6 Å². The molecule has 0 aromatic carbocycles. The molecule has 4 heteroatoms. The van der Waals surface area contributed by atoms with Crippen molar-refractivity contribution < 1.29 is 4.74 Å². The first-order chi connectivity index (χ1) is 6.65. The van der Waals surface area contributed by atoms with Crippen molar-refractivity contribution in [2.75, 3.05) is 6.61 Å². The molecule has 0 amide bonds. The topological polar surface area (TPSA) is 27.1 Å². The summed E-state index contributed by atoms with van der Waals surface area (Å²) in [6, 6.07) is 0.395. The Bertz CT molecular complexity index is 284. The third-order valence-corrected chi connectivity index (χ3v) is 2.54. The molecule has 0 aliphatic carbocycles. The van der Waals surface area contributed by atoms with Crippen LogP contribution >= 0.6 is 15.9 Å². The number of ether oxygens (including phenoxy) is 1. The molecule has 1 rings (SSSR count). The Labute approximate surface area is 93.6 Å². The molecular weight excluding hydrogens is 244 g/mol. The second kappa shape index (κ2) is 5.51. The van der Waals surface area contributed by atoms with Gasteiger partial charge in [0.1, 0.15) is 5.69 Å². The van der Waals surface area contributed by atoms with E-state index in [4.69, 9.17) is 4.74 Å². The number of hydrogen-bond donors (Lipinski definition) is 0. The number of hydrogen-bond acceptors (Lipinski definition) is 2. The fourth-order valence-electron chi connectivity index (χ4n) is 1.08. The third kappa shape index (κ3) is 3.10. The Morgan fingerprint density at radius 3 is 2.79 bits per heavy atom. The molecule has 14 heavy (non-hydrogen) atoms. The molecule has 0 aliphatic rings. The summed E-state index contributed by atoms with van der Waals surface area (Å²) in [7, 11) is 0. The van der Waals surface area contributed by atoms with Crippen LogP contribution in [0.3, 0.4) is 0 Å². The minimum atomic E-state index is 0.395. The van der Waals surface area contributed by atoms with Crippen molar-refractivity contribution in [1.29, 1.82) is 0 Å². The number of rotatable bonds is 5. The van der Waals surface area contributed by atoms with Gasteiger partial charge in [-0.3, -0.25) is 4.68 Å². The maximum Gasteiger partial charge on any atom is 0.102 e. The quantitative estimate of drug-likeness (QED) is 0.761. The van der Waals surface area contributed by atoms with Gasteiger partial charge in [-0.2, -0.15) is 5.10 Å². The van der Waals surface area contributed by atoms with Gasteiger partial charge in [-0.15, -0.1) is 0 Å². The van der Waals surface area contributed by atoms with Crippen molar-refractivity contribution in [2.45, 2.75) is 39.8 Å². The van der Waals surface area contributed by atoms with Crippen LogP contribution in [0, 0.1) is 0 Å². The molecule has 1 aromatic rings. The first kappa shape index (κ1) is 11.7. The Morgan fingerprint density at radius 2 is 2.29 bits per heavy atom. The van der Waals surface area contributed by atoms with E-state index in [0.717, 1.165) is 23.2 Å². The van der Waals surface area contributed by atoms with Crippen molar-refractivity contribution in [2.24, 2.45) is 0 Å². The smallest absolute Gasteiger partial charge is 0.102 e. The number of nitrogens with zero attached hydrogens (tertiary/aromatic N) is 2. The predicted octanol–water partition coefficient (Wildman–Crippen LogP) is 3.15. The zero-order valence-corrected chi connectivity index (χ0v) is 10.5. The molecule has 0 N–H and O–H groups in total. The average Bonchev–Trinajstić information content (AvgIpc) is 2.49. The van der Waals surface area contributed by atoms with E-state index in [1.165, 1.54) is 0 Å². The van der Waals surface area contributed by atoms with Crippen LogP contribution in [0.4, 0.5) is 0 Å². The first-order valence-corrected chi connectivity index (χ1v) is 5.75. The van der Waals surface area contributed by atoms with Gasteiger partial charge in [0, 0.05) is 18.8 Å². The van der Waals surface area contributed by atoms with Gasteiger partial charge in [0.05, 0.1) is 11.1 Å². The van der Waals surface area contributed by atoms with E-state index < -0.39 is 0 Å². The van der Waals surface area contributed by atoms with Gasteiger partial charge >= 0.3 is 0 Å². The Kier molecular flexibility index (Phi) is 4.62. The van der Waals surface area contributed by atoms with Crippen LogP contribution in [0.2, 0.25) is 0 Å². The summed E-state index contributed by atoms with van der Waals surface area (Å²) in [6.45, 7) is 7.70. The first-order valence-electron chi connectivity index (χ1n) is 4.96. The van der Waals surface area contributed by atoms with Crippen LogP contribution in [-0.4, -0.2) is 16.4 Å². The summed E-state index contributed by atoms with van der Waals surface area (Å²) in [5.41, 5.74) is 0.979. The highest BCUT2D eigenvalue weighted by atomic mass is 79.9. The van der Waals surface area contributed by atoms with E-state index in [9.17, 15) is 0 Å². The third-order valence-electron chi connectivity index (χ3n) is 1.87. The van der Waals surface area contributed by atoms with E-state index in [1.54, 1.807) is 0 Å². The van der Waals surface area contributed by atoms with Gasteiger partial charge < -0.3 is 4.74 Å². The lowest BCUT2D eigenvalue weighted by Crippen LogP contribution is -2.02. The van der Waals surface area contributed by atoms with E-state index in [2.05, 4.69) is 41.8 Å². The van der Waals surface area contributed by atoms with Crippen molar-refractivity contribution in [3.63, 3.8) is 0 Å². The second-order valence-corrected chi connectivity index (χ2v) is 4.40. The minimum Gasteiger partial charge on any atom is -0.375 e. The Morgan fingerprint density at radius 1 is 1.57 bits per heavy atom. The van der Waals surface area contributed by atoms with Crippen LogP contribution in [0.1, 0.15) is 38.9 Å². The molecule has 0 atom stereocenters. The zero-order chi connectivity index (χ0) is 10.6. The highest BCUT2D eigenvalue weighted by Crippen LogP contribution is 2.18. The summed E-state index contributed by atoms with van der Waals surface area (Å²) in [6.07, 6.45) is 3.04. The maximum atomic E-state index is 5.44. The van der Waals surface area contributed by atoms with Gasteiger partial charge in [-0.05, 0) is 36.2 Å². The molecule has 0 unspecified atom stereocenters. The van der Waals surface area contributed by atoms with Crippen molar-refractivity contribution in [3.05, 3.63) is 16.4 Å². The summed E-state index contributed by atoms with van der Waals surface area (Å²) in [5.74, 6) is 0. The molecule has 0 radical (unpaired) electrons. The largest absolute Gasteiger partial charge is 0.375 e. The van der Waals surface area contributed by atoms with Gasteiger partial charge in [0.2, 0.25) is 0 Å². The Hall–Kier alpha value is -0.350. The fraction of sp³-hybridized carbons (Fsp3) is 0.700. The van der Waals surface area contributed by atoms with Crippen molar-refractivity contribution >= 4 is 15.9 Å². The molecule has 0 fully saturated rings. The number of halogens is 1. The summed E-state index contributed by atoms with van der Waals surface area (Å²) >= 11 is 3.47. The van der Waals surface area contributed by atoms with Crippen molar-refractivity contribution in [3.8, 4) is 0 Å². The van der Waals surface area contributed by atoms with Crippen LogP contribution < -0.4 is 0 Å². The monoisotopic (exact) mass is 260 g/mol. The molecule has 1 aromatic heterocycles. The van der Waals surface area contributed by atoms with Crippen LogP contribution in [-0.2, 0) is 11.3 Å². The maximum absolute atomic E-state index is 5.44. The Balaban J connectivity index is 2.58. The number of aromatic nitrogens is 2. The standard InChI is InChI=1S/C10H17BrN2O/c1-4-5-14-7-10-9(11)6-13(12-10)8(2)3/h6,8H,4-5,7H2,1-3H3. The van der Waals surface area contributed by atoms with Crippen molar-refractivity contribution in [1.82, 2.24) is 9.78 Å². The molecule has 3 nitrogen and oxygen atoms in total. The predicted molar refractivity (Wildman–Crippen MR) is 60.3 cm³/mol. The molecule has 0 spiro atoms. The SMILES string of the molecule is CCCOCc1nn(C(C)C)cc1Br. The second-order valence-electron chi connectivity index (χ2n) is 3.55. The lowest BCUT2D eigenvalue weighted by Gasteiger charge is -2.03. The highest BCUT2D eigenvalue weighted by molar-refractivity contribution is 9.10. The lowest BCUT2D eigenvalue weighted by molar-refractivity contribution is 0.118. The molecular formula is C10H17BrN2O. The summed E-state index contributed by atoms with van der Waals surface area (Å²) < 4.78 is 8.41. The molecule has 0 saturated heterocycles. The van der Waals surface area contributed by atoms with E-state index in [-0.39, 0.29) is 0 Å². The van der Waals surface area contributed by atoms with E-state index >= 15 is 0 Å². The molecule has 1 heterocycles. The van der Waals surface area contributed by atoms with Crippen LogP contribution in [0.25, 0.3) is 0 Å². The summed E-state index contributed by atoms with van der Waals surface area (Å²) in [4.78, 5) is 0. The molecule has 0 bridgehead atoms. The fourth-order valence-corrected chi connectivity index (χ4v) is 1.49.